The van der Waals surface area contributed by atoms with Gasteiger partial charge in [-0.2, -0.15) is 31.6 Å². The number of piperidine rings is 1. The van der Waals surface area contributed by atoms with E-state index in [1.165, 1.54) is 0 Å². The third kappa shape index (κ3) is 5.49. The smallest absolute Gasteiger partial charge is 0.370 e. The minimum atomic E-state index is -4.60. The lowest BCUT2D eigenvalue weighted by atomic mass is 9.95. The fourth-order valence-corrected chi connectivity index (χ4v) is 5.32. The Kier molecular flexibility index (Phi) is 7.26. The van der Waals surface area contributed by atoms with Gasteiger partial charge in [-0.25, -0.2) is 4.98 Å². The van der Waals surface area contributed by atoms with Gasteiger partial charge in [0.2, 0.25) is 11.9 Å². The predicted octanol–water partition coefficient (Wildman–Crippen LogP) is 6.58. The molecule has 2 heterocycles. The number of alkyl halides is 6. The zero-order chi connectivity index (χ0) is 29.7. The first-order valence-corrected chi connectivity index (χ1v) is 13.2. The van der Waals surface area contributed by atoms with E-state index in [1.54, 1.807) is 46.8 Å². The number of amides is 1. The Hall–Kier alpha value is -3.66. The van der Waals surface area contributed by atoms with E-state index in [0.29, 0.717) is 38.9 Å². The number of hydrogen-bond donors (Lipinski definition) is 2. The van der Waals surface area contributed by atoms with Crippen LogP contribution < -0.4 is 15.5 Å². The van der Waals surface area contributed by atoms with Crippen LogP contribution in [0.2, 0.25) is 5.02 Å². The lowest BCUT2D eigenvalue weighted by molar-refractivity contribution is -0.192. The molecule has 218 valence electrons. The second-order valence-electron chi connectivity index (χ2n) is 10.5. The van der Waals surface area contributed by atoms with Gasteiger partial charge in [0.25, 0.3) is 0 Å². The molecule has 14 heteroatoms. The van der Waals surface area contributed by atoms with Crippen LogP contribution >= 0.6 is 11.6 Å². The van der Waals surface area contributed by atoms with Crippen LogP contribution in [0.5, 0.6) is 0 Å². The van der Waals surface area contributed by atoms with Crippen LogP contribution in [-0.2, 0) is 18.4 Å². The summed E-state index contributed by atoms with van der Waals surface area (Å²) in [6.07, 6.45) is -9.43. The van der Waals surface area contributed by atoms with Crippen molar-refractivity contribution < 1.29 is 31.1 Å². The second-order valence-corrected chi connectivity index (χ2v) is 10.9. The van der Waals surface area contributed by atoms with Gasteiger partial charge in [-0.3, -0.25) is 4.79 Å². The van der Waals surface area contributed by atoms with Crippen molar-refractivity contribution in [3.05, 3.63) is 46.5 Å². The van der Waals surface area contributed by atoms with Gasteiger partial charge in [0, 0.05) is 26.7 Å². The van der Waals surface area contributed by atoms with Gasteiger partial charge >= 0.3 is 12.4 Å². The fourth-order valence-electron chi connectivity index (χ4n) is 5.15. The lowest BCUT2D eigenvalue weighted by Crippen LogP contribution is -2.40. The summed E-state index contributed by atoms with van der Waals surface area (Å²) in [5.74, 6) is -2.08. The molecule has 0 unspecified atom stereocenters. The van der Waals surface area contributed by atoms with E-state index in [4.69, 9.17) is 11.6 Å². The molecule has 2 N–H and O–H groups in total. The summed E-state index contributed by atoms with van der Waals surface area (Å²) in [7, 11) is 1.72. The third-order valence-corrected chi connectivity index (χ3v) is 8.20. The molecule has 1 aliphatic heterocycles. The Balaban J connectivity index is 1.35. The summed E-state index contributed by atoms with van der Waals surface area (Å²) in [4.78, 5) is 18.5. The van der Waals surface area contributed by atoms with Crippen molar-refractivity contribution in [2.24, 2.45) is 18.4 Å². The Morgan fingerprint density at radius 2 is 1.83 bits per heavy atom. The quantitative estimate of drug-likeness (QED) is 0.313. The molecule has 2 aromatic carbocycles. The van der Waals surface area contributed by atoms with Crippen molar-refractivity contribution in [2.45, 2.75) is 44.6 Å². The molecule has 0 atom stereocenters. The highest BCUT2D eigenvalue weighted by molar-refractivity contribution is 6.33. The summed E-state index contributed by atoms with van der Waals surface area (Å²) >= 11 is 6.36. The average Bonchev–Trinajstić information content (AvgIpc) is 3.69. The van der Waals surface area contributed by atoms with Crippen molar-refractivity contribution in [1.29, 1.82) is 5.26 Å². The maximum atomic E-state index is 13.2. The lowest BCUT2D eigenvalue weighted by Gasteiger charge is -2.34. The van der Waals surface area contributed by atoms with Gasteiger partial charge in [-0.05, 0) is 55.5 Å². The number of imidazole rings is 1. The zero-order valence-corrected chi connectivity index (χ0v) is 22.5. The topological polar surface area (TPSA) is 86.0 Å². The molecule has 0 bridgehead atoms. The van der Waals surface area contributed by atoms with Crippen molar-refractivity contribution in [3.8, 4) is 6.07 Å². The van der Waals surface area contributed by atoms with Gasteiger partial charge in [0.15, 0.2) is 0 Å². The van der Waals surface area contributed by atoms with E-state index in [-0.39, 0.29) is 50.9 Å². The van der Waals surface area contributed by atoms with Crippen LogP contribution in [0.3, 0.4) is 0 Å². The number of halogens is 7. The number of nitrogens with one attached hydrogen (secondary N) is 2. The number of carbonyl (C=O) groups is 1. The van der Waals surface area contributed by atoms with Crippen molar-refractivity contribution >= 4 is 45.9 Å². The molecule has 1 aliphatic carbocycles. The third-order valence-electron chi connectivity index (χ3n) is 7.87. The molecule has 0 spiro atoms. The van der Waals surface area contributed by atoms with Crippen LogP contribution in [-0.4, -0.2) is 40.9 Å². The number of aryl methyl sites for hydroxylation is 1. The number of anilines is 3. The number of benzene rings is 2. The van der Waals surface area contributed by atoms with Gasteiger partial charge < -0.3 is 20.1 Å². The molecule has 41 heavy (non-hydrogen) atoms. The molecule has 1 aromatic heterocycles. The summed E-state index contributed by atoms with van der Waals surface area (Å²) in [6.45, 7) is 0.192. The van der Waals surface area contributed by atoms with E-state index < -0.39 is 29.6 Å². The van der Waals surface area contributed by atoms with E-state index in [9.17, 15) is 36.4 Å². The highest BCUT2D eigenvalue weighted by Gasteiger charge is 2.68. The van der Waals surface area contributed by atoms with E-state index in [0.717, 1.165) is 0 Å². The van der Waals surface area contributed by atoms with E-state index >= 15 is 0 Å². The maximum absolute atomic E-state index is 13.2. The number of hydrogen-bond acceptors (Lipinski definition) is 5. The van der Waals surface area contributed by atoms with Gasteiger partial charge in [-0.15, -0.1) is 0 Å². The molecule has 7 nitrogen and oxygen atoms in total. The zero-order valence-electron chi connectivity index (χ0n) is 21.8. The summed E-state index contributed by atoms with van der Waals surface area (Å²) in [6, 6.07) is 10.1. The number of aromatic nitrogens is 2. The number of nitrogens with zero attached hydrogens (tertiary/aromatic N) is 4. The highest BCUT2D eigenvalue weighted by atomic mass is 35.5. The van der Waals surface area contributed by atoms with Crippen LogP contribution in [0.4, 0.5) is 43.7 Å². The Morgan fingerprint density at radius 3 is 2.41 bits per heavy atom. The molecule has 2 aliphatic rings. The molecule has 0 radical (unpaired) electrons. The Labute approximate surface area is 236 Å². The Morgan fingerprint density at radius 1 is 1.15 bits per heavy atom. The highest BCUT2D eigenvalue weighted by Crippen LogP contribution is 2.57. The van der Waals surface area contributed by atoms with Gasteiger partial charge in [-0.1, -0.05) is 17.7 Å². The molecule has 1 amide bonds. The van der Waals surface area contributed by atoms with Crippen LogP contribution in [0.15, 0.2) is 30.3 Å². The molecule has 1 saturated carbocycles. The standard InChI is InChI=1S/C27H25ClF6N6O/c1-39-22-12-21(40-8-4-17(5-9-40)26(29,30)31)16(13-35)11-20(22)38-24(39)37-19-10-15(2-3-18(19)28)14-36-23(41)25(6-7-25)27(32,33)34/h2-3,10-12,17H,4-9,14H2,1H3,(H,36,41)(H,37,38). The predicted molar refractivity (Wildman–Crippen MR) is 141 cm³/mol. The summed E-state index contributed by atoms with van der Waals surface area (Å²) in [5, 5.41) is 15.5. The number of carbonyl (C=O) groups excluding carboxylic acids is 1. The fraction of sp³-hybridized carbons (Fsp3) is 0.444. The normalized spacial score (nSPS) is 17.4. The SMILES string of the molecule is Cn1c(Nc2cc(CNC(=O)C3(C(F)(F)F)CC3)ccc2Cl)nc2cc(C#N)c(N3CCC(C(F)(F)F)CC3)cc21. The maximum Gasteiger partial charge on any atom is 0.403 e. The molecule has 2 fully saturated rings. The molecular formula is C27H25ClF6N6O. The first kappa shape index (κ1) is 28.9. The number of fused-ring (bicyclic) bond motifs is 1. The first-order chi connectivity index (χ1) is 19.2. The summed E-state index contributed by atoms with van der Waals surface area (Å²) in [5.41, 5.74) is 0.502. The molecule has 1 saturated heterocycles. The largest absolute Gasteiger partial charge is 0.403 e. The van der Waals surface area contributed by atoms with E-state index in [2.05, 4.69) is 21.7 Å². The van der Waals surface area contributed by atoms with Crippen LogP contribution in [0.25, 0.3) is 11.0 Å². The molecule has 3 aromatic rings. The van der Waals surface area contributed by atoms with E-state index in [1.807, 2.05) is 0 Å². The van der Waals surface area contributed by atoms with Crippen molar-refractivity contribution in [3.63, 3.8) is 0 Å². The van der Waals surface area contributed by atoms with Crippen LogP contribution in [0.1, 0.15) is 36.8 Å². The Bertz CT molecular complexity index is 1530. The second kappa shape index (κ2) is 10.3. The number of rotatable bonds is 6. The van der Waals surface area contributed by atoms with Crippen molar-refractivity contribution in [1.82, 2.24) is 14.9 Å². The molecular weight excluding hydrogens is 574 g/mol. The van der Waals surface area contributed by atoms with Crippen molar-refractivity contribution in [2.75, 3.05) is 23.3 Å². The van der Waals surface area contributed by atoms with Crippen LogP contribution in [0, 0.1) is 22.7 Å². The summed E-state index contributed by atoms with van der Waals surface area (Å²) < 4.78 is 80.8. The minimum absolute atomic E-state index is 0.0585. The average molecular weight is 599 g/mol. The van der Waals surface area contributed by atoms with Gasteiger partial charge in [0.05, 0.1) is 38.9 Å². The minimum Gasteiger partial charge on any atom is -0.370 e. The van der Waals surface area contributed by atoms with Gasteiger partial charge in [0.1, 0.15) is 11.5 Å². The molecule has 5 rings (SSSR count). The first-order valence-electron chi connectivity index (χ1n) is 12.9. The number of nitriles is 1. The monoisotopic (exact) mass is 598 g/mol.